The van der Waals surface area contributed by atoms with Crippen molar-refractivity contribution in [2.45, 2.75) is 134 Å². The lowest BCUT2D eigenvalue weighted by Gasteiger charge is -2.45. The Balaban J connectivity index is 1.87. The van der Waals surface area contributed by atoms with Crippen molar-refractivity contribution in [3.63, 3.8) is 0 Å². The summed E-state index contributed by atoms with van der Waals surface area (Å²) in [5, 5.41) is 30.3. The topological polar surface area (TPSA) is 60.7 Å². The molecule has 0 aromatic carbocycles. The maximum absolute atomic E-state index is 14.3. The smallest absolute Gasteiger partial charge is 0.393 e. The summed E-state index contributed by atoms with van der Waals surface area (Å²) in [6.45, 7) is 9.53. The lowest BCUT2D eigenvalue weighted by Crippen LogP contribution is -2.56. The quantitative estimate of drug-likeness (QED) is 0.173. The maximum Gasteiger partial charge on any atom is 0.426 e. The van der Waals surface area contributed by atoms with Crippen LogP contribution in [0.5, 0.6) is 0 Å². The molecular weight excluding hydrogens is 558 g/mol. The summed E-state index contributed by atoms with van der Waals surface area (Å²) in [4.78, 5) is 0. The number of aliphatic hydroxyl groups excluding tert-OH is 1. The number of aliphatic hydroxyl groups is 3. The molecule has 0 aromatic rings. The molecule has 0 saturated heterocycles. The van der Waals surface area contributed by atoms with Gasteiger partial charge in [0.25, 0.3) is 5.92 Å². The van der Waals surface area contributed by atoms with Crippen LogP contribution in [0.25, 0.3) is 0 Å². The highest BCUT2D eigenvalue weighted by Crippen LogP contribution is 2.60. The van der Waals surface area contributed by atoms with Gasteiger partial charge < -0.3 is 15.3 Å². The van der Waals surface area contributed by atoms with Gasteiger partial charge in [-0.1, -0.05) is 43.7 Å². The minimum absolute atomic E-state index is 0.0503. The third kappa shape index (κ3) is 7.73. The molecule has 9 heteroatoms. The molecule has 7 atom stereocenters. The second kappa shape index (κ2) is 12.8. The van der Waals surface area contributed by atoms with Gasteiger partial charge >= 0.3 is 6.18 Å². The average Bonchev–Trinajstić information content (AvgIpc) is 3.19. The Morgan fingerprint density at radius 3 is 2.33 bits per heavy atom. The minimum atomic E-state index is -5.54. The average molecular weight is 607 g/mol. The fourth-order valence-electron chi connectivity index (χ4n) is 7.67. The third-order valence-corrected chi connectivity index (χ3v) is 10.1. The molecule has 240 valence electrons. The normalized spacial score (nSPS) is 33.8. The van der Waals surface area contributed by atoms with Gasteiger partial charge in [0.2, 0.25) is 5.60 Å². The second-order valence-corrected chi connectivity index (χ2v) is 13.9. The molecule has 0 radical (unpaired) electrons. The fraction of sp³-hybridized carbons (Fsp3) is 0.758. The molecular formula is C33H48F6O3. The molecule has 0 heterocycles. The zero-order chi connectivity index (χ0) is 31.7. The predicted octanol–water partition coefficient (Wildman–Crippen LogP) is 8.56. The molecule has 0 aliphatic heterocycles. The van der Waals surface area contributed by atoms with E-state index in [1.54, 1.807) is 13.8 Å². The van der Waals surface area contributed by atoms with Crippen molar-refractivity contribution in [1.29, 1.82) is 0 Å². The third-order valence-electron chi connectivity index (χ3n) is 10.1. The maximum atomic E-state index is 14.3. The zero-order valence-electron chi connectivity index (χ0n) is 25.3. The van der Waals surface area contributed by atoms with Gasteiger partial charge in [0.05, 0.1) is 11.7 Å². The summed E-state index contributed by atoms with van der Waals surface area (Å²) in [6.07, 6.45) is 4.24. The number of halogens is 6. The highest BCUT2D eigenvalue weighted by atomic mass is 19.4. The number of hydrogen-bond donors (Lipinski definition) is 3. The lowest BCUT2D eigenvalue weighted by atomic mass is 9.60. The highest BCUT2D eigenvalue weighted by molar-refractivity contribution is 5.38. The van der Waals surface area contributed by atoms with Crippen LogP contribution >= 0.6 is 0 Å². The first-order valence-electron chi connectivity index (χ1n) is 15.2. The Morgan fingerprint density at radius 2 is 1.74 bits per heavy atom. The molecule has 0 amide bonds. The largest absolute Gasteiger partial charge is 0.426 e. The van der Waals surface area contributed by atoms with Crippen molar-refractivity contribution in [1.82, 2.24) is 0 Å². The number of rotatable bonds is 10. The summed E-state index contributed by atoms with van der Waals surface area (Å²) >= 11 is 0. The van der Waals surface area contributed by atoms with E-state index in [1.165, 1.54) is 5.57 Å². The Kier molecular flexibility index (Phi) is 10.6. The van der Waals surface area contributed by atoms with Crippen molar-refractivity contribution in [3.8, 4) is 0 Å². The highest BCUT2D eigenvalue weighted by Gasteiger charge is 2.65. The van der Waals surface area contributed by atoms with Crippen LogP contribution < -0.4 is 0 Å². The SMILES string of the molecule is C=C1/C(=C\C=C2/CCC[C@]3(C)[C@@H]([C@H](C/C=C/C(O)(C(C)(F)F)C(F)(F)F)CCCC(C)(C)O)CC[C@@H]23)C[C@@H](O)C[C@@H]1F. The van der Waals surface area contributed by atoms with E-state index < -0.39 is 35.6 Å². The van der Waals surface area contributed by atoms with Crippen LogP contribution in [0.3, 0.4) is 0 Å². The summed E-state index contributed by atoms with van der Waals surface area (Å²) in [5.41, 5.74) is -3.01. The molecule has 3 aliphatic rings. The summed E-state index contributed by atoms with van der Waals surface area (Å²) in [7, 11) is 0. The molecule has 3 nitrogen and oxygen atoms in total. The number of alkyl halides is 6. The van der Waals surface area contributed by atoms with E-state index in [-0.39, 0.29) is 49.0 Å². The summed E-state index contributed by atoms with van der Waals surface area (Å²) in [5.74, 6) is -4.22. The van der Waals surface area contributed by atoms with Crippen LogP contribution in [0.1, 0.15) is 98.3 Å². The van der Waals surface area contributed by atoms with Gasteiger partial charge in [0.15, 0.2) is 0 Å². The lowest BCUT2D eigenvalue weighted by molar-refractivity contribution is -0.305. The second-order valence-electron chi connectivity index (χ2n) is 13.9. The van der Waals surface area contributed by atoms with E-state index in [0.717, 1.165) is 38.2 Å². The fourth-order valence-corrected chi connectivity index (χ4v) is 7.67. The number of allylic oxidation sites excluding steroid dienone is 5. The van der Waals surface area contributed by atoms with Crippen LogP contribution in [-0.2, 0) is 0 Å². The first-order chi connectivity index (χ1) is 19.2. The number of fused-ring (bicyclic) bond motifs is 1. The van der Waals surface area contributed by atoms with Gasteiger partial charge in [-0.05, 0) is 112 Å². The standard InChI is InChI=1S/C33H48F6O3/c1-21-24(19-25(40)20-28(21)34)13-12-23-10-7-17-30(4)26(14-15-27(23)30)22(9-6-16-29(2,3)41)11-8-18-32(42,31(5,35)36)33(37,38)39/h8,12-13,18,22,25-28,40-42H,1,6-7,9-11,14-17,19-20H2,2-5H3/b18-8+,23-12+,24-13-/t22-,25+,26+,27-,28-,30+,32?/m0/s1. The van der Waals surface area contributed by atoms with E-state index in [9.17, 15) is 41.7 Å². The Labute approximate surface area is 246 Å². The van der Waals surface area contributed by atoms with Crippen molar-refractivity contribution in [3.05, 3.63) is 47.6 Å². The molecule has 0 bridgehead atoms. The van der Waals surface area contributed by atoms with Gasteiger partial charge in [-0.15, -0.1) is 0 Å². The Morgan fingerprint density at radius 1 is 1.07 bits per heavy atom. The van der Waals surface area contributed by atoms with Gasteiger partial charge in [0, 0.05) is 13.3 Å². The van der Waals surface area contributed by atoms with Crippen LogP contribution in [0.15, 0.2) is 47.6 Å². The van der Waals surface area contributed by atoms with E-state index in [2.05, 4.69) is 13.5 Å². The molecule has 42 heavy (non-hydrogen) atoms. The van der Waals surface area contributed by atoms with Gasteiger partial charge in [0.1, 0.15) is 6.17 Å². The summed E-state index contributed by atoms with van der Waals surface area (Å²) in [6, 6.07) is 0. The first kappa shape index (κ1) is 34.9. The first-order valence-corrected chi connectivity index (χ1v) is 15.2. The van der Waals surface area contributed by atoms with E-state index >= 15 is 0 Å². The molecule has 0 spiro atoms. The van der Waals surface area contributed by atoms with Gasteiger partial charge in [-0.25, -0.2) is 13.2 Å². The van der Waals surface area contributed by atoms with E-state index in [1.807, 2.05) is 12.2 Å². The van der Waals surface area contributed by atoms with Gasteiger partial charge in [-0.2, -0.15) is 13.2 Å². The molecule has 3 fully saturated rings. The molecule has 1 unspecified atom stereocenters. The molecule has 0 aromatic heterocycles. The van der Waals surface area contributed by atoms with Gasteiger partial charge in [-0.3, -0.25) is 0 Å². The number of hydrogen-bond acceptors (Lipinski definition) is 3. The minimum Gasteiger partial charge on any atom is -0.393 e. The van der Waals surface area contributed by atoms with Crippen LogP contribution in [0.2, 0.25) is 0 Å². The van der Waals surface area contributed by atoms with Crippen LogP contribution in [0.4, 0.5) is 26.3 Å². The predicted molar refractivity (Wildman–Crippen MR) is 153 cm³/mol. The Bertz CT molecular complexity index is 1030. The monoisotopic (exact) mass is 606 g/mol. The van der Waals surface area contributed by atoms with E-state index in [4.69, 9.17) is 0 Å². The summed E-state index contributed by atoms with van der Waals surface area (Å²) < 4.78 is 82.6. The molecule has 3 aliphatic carbocycles. The molecule has 3 rings (SSSR count). The van der Waals surface area contributed by atoms with Crippen LogP contribution in [-0.4, -0.2) is 50.9 Å². The van der Waals surface area contributed by atoms with E-state index in [0.29, 0.717) is 36.8 Å². The molecule has 3 saturated carbocycles. The van der Waals surface area contributed by atoms with Crippen molar-refractivity contribution in [2.24, 2.45) is 23.2 Å². The van der Waals surface area contributed by atoms with Crippen molar-refractivity contribution >= 4 is 0 Å². The van der Waals surface area contributed by atoms with Crippen molar-refractivity contribution in [2.75, 3.05) is 0 Å². The Hall–Kier alpha value is -1.58. The molecule has 3 N–H and O–H groups in total. The van der Waals surface area contributed by atoms with Crippen molar-refractivity contribution < 1.29 is 41.7 Å². The van der Waals surface area contributed by atoms with Crippen LogP contribution in [0, 0.1) is 23.2 Å². The zero-order valence-corrected chi connectivity index (χ0v) is 25.3.